The maximum absolute atomic E-state index is 9.72. The molecular weight excluding hydrogens is 377 g/mol. The van der Waals surface area contributed by atoms with Crippen LogP contribution in [-0.4, -0.2) is 48.5 Å². The maximum atomic E-state index is 9.72. The minimum absolute atomic E-state index is 0.0133. The molecule has 10 nitrogen and oxygen atoms in total. The van der Waals surface area contributed by atoms with Crippen molar-refractivity contribution < 1.29 is 24.9 Å². The molecule has 0 spiro atoms. The molecule has 1 aromatic heterocycles. The molecule has 1 unspecified atom stereocenters. The molecule has 0 radical (unpaired) electrons. The van der Waals surface area contributed by atoms with Crippen molar-refractivity contribution in [3.8, 4) is 11.3 Å². The number of carboxylic acid groups (broad SMARTS) is 2. The van der Waals surface area contributed by atoms with E-state index in [1.807, 2.05) is 0 Å². The van der Waals surface area contributed by atoms with Gasteiger partial charge in [-0.3, -0.25) is 4.79 Å². The molecule has 7 N–H and O–H groups in total. The number of hydrogen-bond donors (Lipinski definition) is 5. The van der Waals surface area contributed by atoms with Gasteiger partial charge < -0.3 is 26.8 Å². The molecule has 12 heteroatoms. The summed E-state index contributed by atoms with van der Waals surface area (Å²) >= 11 is 11.9. The topological polar surface area (TPSA) is 186 Å². The van der Waals surface area contributed by atoms with Gasteiger partial charge in [0.1, 0.15) is 5.69 Å². The smallest absolute Gasteiger partial charge is 0.333 e. The predicted molar refractivity (Wildman–Crippen MR) is 90.0 cm³/mol. The molecule has 1 aromatic carbocycles. The van der Waals surface area contributed by atoms with Crippen LogP contribution in [0.15, 0.2) is 18.2 Å². The van der Waals surface area contributed by atoms with Crippen LogP contribution in [0.2, 0.25) is 10.0 Å². The number of aliphatic carboxylic acids is 2. The first kappa shape index (κ1) is 20.4. The Morgan fingerprint density at radius 2 is 1.80 bits per heavy atom. The number of anilines is 2. The van der Waals surface area contributed by atoms with Crippen molar-refractivity contribution >= 4 is 46.9 Å². The summed E-state index contributed by atoms with van der Waals surface area (Å²) in [6, 6.07) is 5.13. The van der Waals surface area contributed by atoms with Crippen LogP contribution >= 0.6 is 23.2 Å². The monoisotopic (exact) mass is 389 g/mol. The van der Waals surface area contributed by atoms with Gasteiger partial charge in [-0.15, -0.1) is 10.2 Å². The zero-order valence-electron chi connectivity index (χ0n) is 12.4. The van der Waals surface area contributed by atoms with Crippen LogP contribution in [0.1, 0.15) is 6.42 Å². The molecule has 25 heavy (non-hydrogen) atoms. The largest absolute Gasteiger partial charge is 0.481 e. The lowest BCUT2D eigenvalue weighted by Gasteiger charge is -2.06. The highest BCUT2D eigenvalue weighted by Gasteiger charge is 2.16. The highest BCUT2D eigenvalue weighted by molar-refractivity contribution is 6.43. The third-order valence-corrected chi connectivity index (χ3v) is 3.41. The number of aliphatic hydroxyl groups excluding tert-OH is 1. The highest BCUT2D eigenvalue weighted by Crippen LogP contribution is 2.34. The number of benzene rings is 1. The van der Waals surface area contributed by atoms with Crippen LogP contribution < -0.4 is 11.5 Å². The fourth-order valence-corrected chi connectivity index (χ4v) is 1.87. The van der Waals surface area contributed by atoms with E-state index in [4.69, 9.17) is 50.0 Å². The van der Waals surface area contributed by atoms with Crippen molar-refractivity contribution in [2.45, 2.75) is 12.5 Å². The van der Waals surface area contributed by atoms with Crippen LogP contribution in [0.4, 0.5) is 11.8 Å². The van der Waals surface area contributed by atoms with Crippen molar-refractivity contribution in [3.05, 3.63) is 28.2 Å². The van der Waals surface area contributed by atoms with Gasteiger partial charge in [0.2, 0.25) is 5.95 Å². The third-order valence-electron chi connectivity index (χ3n) is 2.59. The molecule has 0 aliphatic carbocycles. The van der Waals surface area contributed by atoms with E-state index in [1.165, 1.54) is 0 Å². The number of aromatic nitrogens is 3. The summed E-state index contributed by atoms with van der Waals surface area (Å²) in [6.07, 6.45) is -2.54. The number of aliphatic hydroxyl groups is 1. The van der Waals surface area contributed by atoms with Crippen LogP contribution in [0.25, 0.3) is 11.3 Å². The normalized spacial score (nSPS) is 11.2. The Labute approximate surface area is 151 Å². The van der Waals surface area contributed by atoms with Crippen molar-refractivity contribution in [1.82, 2.24) is 15.2 Å². The fraction of sp³-hybridized carbons (Fsp3) is 0.154. The first-order valence-electron chi connectivity index (χ1n) is 6.46. The summed E-state index contributed by atoms with van der Waals surface area (Å²) in [5.41, 5.74) is 12.0. The van der Waals surface area contributed by atoms with Gasteiger partial charge in [0.25, 0.3) is 0 Å². The number of rotatable bonds is 4. The second-order valence-corrected chi connectivity index (χ2v) is 5.24. The second kappa shape index (κ2) is 8.97. The maximum Gasteiger partial charge on any atom is 0.333 e. The van der Waals surface area contributed by atoms with Crippen molar-refractivity contribution in [1.29, 1.82) is 0 Å². The van der Waals surface area contributed by atoms with E-state index in [2.05, 4.69) is 15.2 Å². The zero-order chi connectivity index (χ0) is 19.1. The Hall–Kier alpha value is -2.69. The van der Waals surface area contributed by atoms with Crippen molar-refractivity contribution in [3.63, 3.8) is 0 Å². The molecule has 1 heterocycles. The number of carbonyl (C=O) groups is 2. The van der Waals surface area contributed by atoms with Gasteiger partial charge in [-0.2, -0.15) is 4.98 Å². The number of hydrogen-bond acceptors (Lipinski definition) is 8. The average Bonchev–Trinajstić information content (AvgIpc) is 2.50. The molecule has 134 valence electrons. The molecule has 0 aliphatic rings. The van der Waals surface area contributed by atoms with Gasteiger partial charge in [-0.25, -0.2) is 4.79 Å². The molecule has 0 bridgehead atoms. The Morgan fingerprint density at radius 3 is 2.28 bits per heavy atom. The molecule has 0 amide bonds. The SMILES string of the molecule is Nc1nnc(-c2cccc(Cl)c2Cl)c(N)n1.O=C(O)CC(O)C(=O)O. The summed E-state index contributed by atoms with van der Waals surface area (Å²) < 4.78 is 0. The lowest BCUT2D eigenvalue weighted by molar-refractivity contribution is -0.152. The van der Waals surface area contributed by atoms with E-state index in [9.17, 15) is 9.59 Å². The average molecular weight is 390 g/mol. The first-order valence-corrected chi connectivity index (χ1v) is 7.21. The lowest BCUT2D eigenvalue weighted by atomic mass is 10.1. The van der Waals surface area contributed by atoms with E-state index in [0.29, 0.717) is 21.3 Å². The zero-order valence-corrected chi connectivity index (χ0v) is 13.9. The van der Waals surface area contributed by atoms with Crippen LogP contribution in [0.3, 0.4) is 0 Å². The summed E-state index contributed by atoms with van der Waals surface area (Å²) in [5, 5.41) is 32.4. The van der Waals surface area contributed by atoms with Gasteiger partial charge in [-0.05, 0) is 6.07 Å². The Kier molecular flexibility index (Phi) is 7.30. The molecule has 0 fully saturated rings. The lowest BCUT2D eigenvalue weighted by Crippen LogP contribution is -2.22. The van der Waals surface area contributed by atoms with E-state index in [0.717, 1.165) is 0 Å². The molecule has 0 saturated carbocycles. The number of nitrogen functional groups attached to an aromatic ring is 2. The quantitative estimate of drug-likeness (QED) is 0.502. The summed E-state index contributed by atoms with van der Waals surface area (Å²) in [4.78, 5) is 23.2. The Balaban J connectivity index is 0.000000299. The molecule has 0 saturated heterocycles. The predicted octanol–water partition coefficient (Wildman–Crippen LogP) is 0.916. The molecule has 0 aliphatic heterocycles. The molecule has 2 rings (SSSR count). The van der Waals surface area contributed by atoms with E-state index < -0.39 is 24.5 Å². The third kappa shape index (κ3) is 6.03. The standard InChI is InChI=1S/C9H7Cl2N5.C4H6O5/c10-5-3-1-2-4(6(5)11)7-8(12)14-9(13)16-15-7;5-2(4(8)9)1-3(6)7/h1-3H,(H4,12,13,14,16);2,5H,1H2,(H,6,7)(H,8,9). The Morgan fingerprint density at radius 1 is 1.16 bits per heavy atom. The number of halogens is 2. The van der Waals surface area contributed by atoms with Gasteiger partial charge in [0, 0.05) is 5.56 Å². The molecular formula is C13H13Cl2N5O5. The number of nitrogens with two attached hydrogens (primary N) is 2. The van der Waals surface area contributed by atoms with Gasteiger partial charge in [0.05, 0.1) is 16.5 Å². The fourth-order valence-electron chi connectivity index (χ4n) is 1.48. The summed E-state index contributed by atoms with van der Waals surface area (Å²) in [5.74, 6) is -2.67. The van der Waals surface area contributed by atoms with Gasteiger partial charge >= 0.3 is 11.9 Å². The minimum atomic E-state index is -1.79. The van der Waals surface area contributed by atoms with E-state index in [1.54, 1.807) is 18.2 Å². The van der Waals surface area contributed by atoms with Gasteiger partial charge in [0.15, 0.2) is 11.9 Å². The van der Waals surface area contributed by atoms with Gasteiger partial charge in [-0.1, -0.05) is 35.3 Å². The van der Waals surface area contributed by atoms with Crippen molar-refractivity contribution in [2.75, 3.05) is 11.5 Å². The summed E-state index contributed by atoms with van der Waals surface area (Å²) in [6.45, 7) is 0. The van der Waals surface area contributed by atoms with E-state index >= 15 is 0 Å². The minimum Gasteiger partial charge on any atom is -0.481 e. The van der Waals surface area contributed by atoms with E-state index in [-0.39, 0.29) is 11.8 Å². The van der Waals surface area contributed by atoms with Crippen LogP contribution in [0.5, 0.6) is 0 Å². The molecule has 1 atom stereocenters. The Bertz CT molecular complexity index is 789. The molecule has 2 aromatic rings. The van der Waals surface area contributed by atoms with Crippen molar-refractivity contribution in [2.24, 2.45) is 0 Å². The van der Waals surface area contributed by atoms with Crippen LogP contribution in [-0.2, 0) is 9.59 Å². The highest BCUT2D eigenvalue weighted by atomic mass is 35.5. The van der Waals surface area contributed by atoms with Crippen LogP contribution in [0, 0.1) is 0 Å². The summed E-state index contributed by atoms with van der Waals surface area (Å²) in [7, 11) is 0. The first-order chi connectivity index (χ1) is 11.6. The number of nitrogens with zero attached hydrogens (tertiary/aromatic N) is 3. The second-order valence-electron chi connectivity index (χ2n) is 4.46. The number of carboxylic acids is 2.